The largest absolute Gasteiger partial charge is 0.264 e. The highest BCUT2D eigenvalue weighted by Gasteiger charge is 2.18. The van der Waals surface area contributed by atoms with Crippen LogP contribution in [0.15, 0.2) is 188 Å². The second-order valence-electron chi connectivity index (χ2n) is 12.4. The summed E-state index contributed by atoms with van der Waals surface area (Å²) in [5.74, 6) is 0.689. The molecule has 234 valence electrons. The Kier molecular flexibility index (Phi) is 7.49. The normalized spacial score (nSPS) is 11.2. The number of nitrogens with zero attached hydrogens (tertiary/aromatic N) is 3. The standard InChI is InChI=1S/C47H31N3/c1-3-13-33(14-4-1)43-30-44(34-26-24-32(25-27-34)38-19-12-28-48-31-38)50-47(49-43)37-18-11-17-36(29-37)46-41-22-9-7-20-39(41)45(35-15-5-2-6-16-35)40-21-8-10-23-42(40)46/h1-31H. The van der Waals surface area contributed by atoms with Crippen molar-refractivity contribution in [3.63, 3.8) is 0 Å². The van der Waals surface area contributed by atoms with Gasteiger partial charge < -0.3 is 0 Å². The van der Waals surface area contributed by atoms with Crippen LogP contribution in [0.4, 0.5) is 0 Å². The maximum absolute atomic E-state index is 5.19. The predicted molar refractivity (Wildman–Crippen MR) is 207 cm³/mol. The highest BCUT2D eigenvalue weighted by Crippen LogP contribution is 2.44. The summed E-state index contributed by atoms with van der Waals surface area (Å²) in [5.41, 5.74) is 11.8. The van der Waals surface area contributed by atoms with E-state index >= 15 is 0 Å². The molecule has 0 radical (unpaired) electrons. The van der Waals surface area contributed by atoms with E-state index in [4.69, 9.17) is 9.97 Å². The van der Waals surface area contributed by atoms with Crippen LogP contribution in [-0.4, -0.2) is 15.0 Å². The summed E-state index contributed by atoms with van der Waals surface area (Å²) in [5, 5.41) is 4.90. The molecule has 0 fully saturated rings. The molecule has 0 aliphatic carbocycles. The van der Waals surface area contributed by atoms with Gasteiger partial charge >= 0.3 is 0 Å². The first-order chi connectivity index (χ1) is 24.8. The lowest BCUT2D eigenvalue weighted by molar-refractivity contribution is 1.18. The lowest BCUT2D eigenvalue weighted by Gasteiger charge is -2.18. The average Bonchev–Trinajstić information content (AvgIpc) is 3.21. The first kappa shape index (κ1) is 29.4. The minimum atomic E-state index is 0.689. The fourth-order valence-electron chi connectivity index (χ4n) is 7.02. The molecule has 3 heteroatoms. The lowest BCUT2D eigenvalue weighted by atomic mass is 9.85. The van der Waals surface area contributed by atoms with Gasteiger partial charge in [0.25, 0.3) is 0 Å². The van der Waals surface area contributed by atoms with Crippen molar-refractivity contribution in [3.8, 4) is 67.3 Å². The average molecular weight is 638 g/mol. The Morgan fingerprint density at radius 2 is 0.760 bits per heavy atom. The van der Waals surface area contributed by atoms with Gasteiger partial charge in [0.15, 0.2) is 5.82 Å². The van der Waals surface area contributed by atoms with Crippen LogP contribution in [0.3, 0.4) is 0 Å². The molecule has 0 spiro atoms. The Balaban J connectivity index is 1.22. The Bertz CT molecular complexity index is 2560. The van der Waals surface area contributed by atoms with Gasteiger partial charge in [0.05, 0.1) is 11.4 Å². The number of benzene rings is 7. The SMILES string of the molecule is c1ccc(-c2cc(-c3ccc(-c4cccnc4)cc3)nc(-c3cccc(-c4c5ccccc5c(-c5ccccc5)c5ccccc45)c3)n2)cc1. The minimum Gasteiger partial charge on any atom is -0.264 e. The smallest absolute Gasteiger partial charge is 0.160 e. The number of pyridine rings is 1. The number of hydrogen-bond donors (Lipinski definition) is 0. The van der Waals surface area contributed by atoms with Gasteiger partial charge in [0.1, 0.15) is 0 Å². The zero-order valence-corrected chi connectivity index (χ0v) is 27.2. The highest BCUT2D eigenvalue weighted by molar-refractivity contribution is 6.21. The summed E-state index contributed by atoms with van der Waals surface area (Å²) in [6.45, 7) is 0. The maximum atomic E-state index is 5.19. The van der Waals surface area contributed by atoms with Crippen LogP contribution in [0.5, 0.6) is 0 Å². The van der Waals surface area contributed by atoms with E-state index in [1.807, 2.05) is 18.3 Å². The van der Waals surface area contributed by atoms with Gasteiger partial charge in [0.2, 0.25) is 0 Å². The van der Waals surface area contributed by atoms with Crippen LogP contribution in [-0.2, 0) is 0 Å². The summed E-state index contributed by atoms with van der Waals surface area (Å²) in [6.07, 6.45) is 3.69. The first-order valence-electron chi connectivity index (χ1n) is 16.9. The van der Waals surface area contributed by atoms with E-state index in [2.05, 4.69) is 169 Å². The third kappa shape index (κ3) is 5.41. The second-order valence-corrected chi connectivity index (χ2v) is 12.4. The molecule has 0 unspecified atom stereocenters. The van der Waals surface area contributed by atoms with Crippen LogP contribution in [0, 0.1) is 0 Å². The Hall–Kier alpha value is -6.71. The molecule has 0 atom stereocenters. The van der Waals surface area contributed by atoms with Crippen molar-refractivity contribution in [2.24, 2.45) is 0 Å². The fourth-order valence-corrected chi connectivity index (χ4v) is 7.02. The quantitative estimate of drug-likeness (QED) is 0.170. The molecule has 9 aromatic rings. The topological polar surface area (TPSA) is 38.7 Å². The predicted octanol–water partition coefficient (Wildman–Crippen LogP) is 12.2. The molecule has 0 aliphatic heterocycles. The van der Waals surface area contributed by atoms with Crippen molar-refractivity contribution in [3.05, 3.63) is 188 Å². The molecule has 0 aliphatic rings. The molecule has 9 rings (SSSR count). The lowest BCUT2D eigenvalue weighted by Crippen LogP contribution is -1.96. The molecule has 7 aromatic carbocycles. The van der Waals surface area contributed by atoms with Crippen molar-refractivity contribution >= 4 is 21.5 Å². The van der Waals surface area contributed by atoms with Gasteiger partial charge in [-0.05, 0) is 73.1 Å². The molecule has 2 aromatic heterocycles. The number of hydrogen-bond acceptors (Lipinski definition) is 3. The third-order valence-electron chi connectivity index (χ3n) is 9.37. The molecule has 2 heterocycles. The number of rotatable bonds is 6. The summed E-state index contributed by atoms with van der Waals surface area (Å²) in [7, 11) is 0. The van der Waals surface area contributed by atoms with Crippen molar-refractivity contribution < 1.29 is 0 Å². The summed E-state index contributed by atoms with van der Waals surface area (Å²) in [6, 6.07) is 61.9. The second kappa shape index (κ2) is 12.7. The molecular weight excluding hydrogens is 607 g/mol. The van der Waals surface area contributed by atoms with Crippen LogP contribution < -0.4 is 0 Å². The molecule has 0 N–H and O–H groups in total. The fraction of sp³-hybridized carbons (Fsp3) is 0. The summed E-state index contributed by atoms with van der Waals surface area (Å²) in [4.78, 5) is 14.6. The Morgan fingerprint density at radius 1 is 0.300 bits per heavy atom. The van der Waals surface area contributed by atoms with Gasteiger partial charge in [-0.1, -0.05) is 158 Å². The highest BCUT2D eigenvalue weighted by atomic mass is 14.9. The molecule has 3 nitrogen and oxygen atoms in total. The van der Waals surface area contributed by atoms with Crippen molar-refractivity contribution in [2.75, 3.05) is 0 Å². The van der Waals surface area contributed by atoms with Gasteiger partial charge in [-0.15, -0.1) is 0 Å². The minimum absolute atomic E-state index is 0.689. The molecule has 50 heavy (non-hydrogen) atoms. The van der Waals surface area contributed by atoms with E-state index in [1.54, 1.807) is 6.20 Å². The van der Waals surface area contributed by atoms with Crippen molar-refractivity contribution in [1.82, 2.24) is 15.0 Å². The Morgan fingerprint density at radius 3 is 1.34 bits per heavy atom. The molecular formula is C47H31N3. The molecule has 0 bridgehead atoms. The Labute approximate surface area is 291 Å². The monoisotopic (exact) mass is 637 g/mol. The van der Waals surface area contributed by atoms with Crippen LogP contribution in [0.2, 0.25) is 0 Å². The molecule has 0 saturated carbocycles. The van der Waals surface area contributed by atoms with Gasteiger partial charge in [-0.3, -0.25) is 4.98 Å². The summed E-state index contributed by atoms with van der Waals surface area (Å²) < 4.78 is 0. The first-order valence-corrected chi connectivity index (χ1v) is 16.9. The number of fused-ring (bicyclic) bond motifs is 2. The van der Waals surface area contributed by atoms with Crippen molar-refractivity contribution in [2.45, 2.75) is 0 Å². The summed E-state index contributed by atoms with van der Waals surface area (Å²) >= 11 is 0. The van der Waals surface area contributed by atoms with Crippen LogP contribution in [0.25, 0.3) is 88.8 Å². The van der Waals surface area contributed by atoms with E-state index in [0.29, 0.717) is 5.82 Å². The van der Waals surface area contributed by atoms with Gasteiger partial charge in [0, 0.05) is 29.1 Å². The van der Waals surface area contributed by atoms with Crippen LogP contribution in [0.1, 0.15) is 0 Å². The molecule has 0 amide bonds. The van der Waals surface area contributed by atoms with E-state index in [9.17, 15) is 0 Å². The number of aromatic nitrogens is 3. The van der Waals surface area contributed by atoms with E-state index in [1.165, 1.54) is 38.2 Å². The third-order valence-corrected chi connectivity index (χ3v) is 9.37. The zero-order chi connectivity index (χ0) is 33.3. The van der Waals surface area contributed by atoms with E-state index in [-0.39, 0.29) is 0 Å². The van der Waals surface area contributed by atoms with Gasteiger partial charge in [-0.25, -0.2) is 9.97 Å². The maximum Gasteiger partial charge on any atom is 0.160 e. The van der Waals surface area contributed by atoms with E-state index < -0.39 is 0 Å². The van der Waals surface area contributed by atoms with Crippen molar-refractivity contribution in [1.29, 1.82) is 0 Å². The van der Waals surface area contributed by atoms with Gasteiger partial charge in [-0.2, -0.15) is 0 Å². The molecule has 0 saturated heterocycles. The zero-order valence-electron chi connectivity index (χ0n) is 27.2. The van der Waals surface area contributed by atoms with E-state index in [0.717, 1.165) is 44.8 Å². The van der Waals surface area contributed by atoms with Crippen LogP contribution >= 0.6 is 0 Å².